The molecule has 1 aliphatic rings. The van der Waals surface area contributed by atoms with Crippen molar-refractivity contribution in [3.05, 3.63) is 94.5 Å². The molecule has 3 N–H and O–H groups in total. The number of anilines is 1. The molecule has 31 heavy (non-hydrogen) atoms. The van der Waals surface area contributed by atoms with Gasteiger partial charge in [0, 0.05) is 16.7 Å². The molecule has 0 aliphatic carbocycles. The zero-order valence-corrected chi connectivity index (χ0v) is 18.6. The monoisotopic (exact) mass is 499 g/mol. The van der Waals surface area contributed by atoms with Crippen LogP contribution >= 0.6 is 27.5 Å². The molecule has 3 aromatic carbocycles. The van der Waals surface area contributed by atoms with Crippen LogP contribution in [0.1, 0.15) is 22.0 Å². The topological polar surface area (TPSA) is 81.7 Å². The number of aromatic hydroxyl groups is 1. The van der Waals surface area contributed by atoms with Crippen molar-refractivity contribution in [1.82, 2.24) is 10.4 Å². The summed E-state index contributed by atoms with van der Waals surface area (Å²) < 4.78 is 0.943. The molecule has 1 aliphatic heterocycles. The number of alkyl halides is 1. The Morgan fingerprint density at radius 1 is 1.03 bits per heavy atom. The zero-order chi connectivity index (χ0) is 22.0. The van der Waals surface area contributed by atoms with Crippen LogP contribution < -0.4 is 10.7 Å². The molecule has 158 valence electrons. The number of nitrogens with zero attached hydrogens (tertiary/aromatic N) is 1. The van der Waals surface area contributed by atoms with Crippen molar-refractivity contribution in [1.29, 1.82) is 0 Å². The molecule has 1 fully saturated rings. The van der Waals surface area contributed by atoms with Crippen LogP contribution in [0.15, 0.2) is 83.3 Å². The largest absolute Gasteiger partial charge is 0.507 e. The minimum atomic E-state index is -1.29. The van der Waals surface area contributed by atoms with E-state index in [0.717, 1.165) is 15.7 Å². The van der Waals surface area contributed by atoms with E-state index in [1.54, 1.807) is 12.1 Å². The van der Waals surface area contributed by atoms with Gasteiger partial charge in [-0.25, -0.2) is 5.01 Å². The smallest absolute Gasteiger partial charge is 0.273 e. The number of carbonyl (C=O) groups excluding carboxylic acids is 2. The number of para-hydroxylation sites is 1. The fourth-order valence-corrected chi connectivity index (χ4v) is 4.19. The lowest BCUT2D eigenvalue weighted by atomic mass is 9.82. The van der Waals surface area contributed by atoms with Gasteiger partial charge in [0.2, 0.25) is 0 Å². The predicted molar refractivity (Wildman–Crippen MR) is 123 cm³/mol. The van der Waals surface area contributed by atoms with Crippen molar-refractivity contribution in [2.24, 2.45) is 0 Å². The average Bonchev–Trinajstić information content (AvgIpc) is 2.79. The SMILES string of the molecule is O=C(NN1C(=O)C(Cl)(CNc2ccc(Br)cc2)C1c1ccccc1)c1ccccc1O. The Morgan fingerprint density at radius 2 is 1.68 bits per heavy atom. The molecule has 3 aromatic rings. The Bertz CT molecular complexity index is 1110. The summed E-state index contributed by atoms with van der Waals surface area (Å²) >= 11 is 10.2. The van der Waals surface area contributed by atoms with Crippen LogP contribution in [0.3, 0.4) is 0 Å². The molecule has 0 aromatic heterocycles. The molecule has 1 heterocycles. The molecule has 0 radical (unpaired) electrons. The van der Waals surface area contributed by atoms with Gasteiger partial charge in [-0.2, -0.15) is 0 Å². The first-order valence-electron chi connectivity index (χ1n) is 9.56. The van der Waals surface area contributed by atoms with Gasteiger partial charge in [0.15, 0.2) is 4.87 Å². The van der Waals surface area contributed by atoms with E-state index >= 15 is 0 Å². The number of phenolic OH excluding ortho intramolecular Hbond substituents is 1. The van der Waals surface area contributed by atoms with Gasteiger partial charge in [-0.1, -0.05) is 58.4 Å². The molecule has 2 atom stereocenters. The number of hydrogen-bond donors (Lipinski definition) is 3. The van der Waals surface area contributed by atoms with E-state index in [9.17, 15) is 14.7 Å². The maximum absolute atomic E-state index is 13.1. The van der Waals surface area contributed by atoms with Crippen LogP contribution in [0.2, 0.25) is 0 Å². The summed E-state index contributed by atoms with van der Waals surface area (Å²) in [5.41, 5.74) is 4.27. The van der Waals surface area contributed by atoms with E-state index in [1.165, 1.54) is 17.1 Å². The third kappa shape index (κ3) is 4.11. The van der Waals surface area contributed by atoms with Gasteiger partial charge in [0.05, 0.1) is 5.56 Å². The van der Waals surface area contributed by atoms with Gasteiger partial charge in [0.25, 0.3) is 11.8 Å². The Kier molecular flexibility index (Phi) is 5.89. The molecule has 8 heteroatoms. The van der Waals surface area contributed by atoms with Crippen molar-refractivity contribution in [2.75, 3.05) is 11.9 Å². The number of β-lactam (4-membered cyclic amide) rings is 1. The van der Waals surface area contributed by atoms with Crippen molar-refractivity contribution in [2.45, 2.75) is 10.9 Å². The number of phenols is 1. The van der Waals surface area contributed by atoms with Crippen LogP contribution in [-0.4, -0.2) is 33.3 Å². The number of hydrogen-bond acceptors (Lipinski definition) is 4. The first-order valence-corrected chi connectivity index (χ1v) is 10.7. The van der Waals surface area contributed by atoms with Crippen LogP contribution in [-0.2, 0) is 4.79 Å². The quantitative estimate of drug-likeness (QED) is 0.344. The summed E-state index contributed by atoms with van der Waals surface area (Å²) in [5, 5.41) is 14.4. The molecule has 2 amide bonds. The maximum atomic E-state index is 13.1. The predicted octanol–water partition coefficient (Wildman–Crippen LogP) is 4.47. The molecule has 6 nitrogen and oxygen atoms in total. The van der Waals surface area contributed by atoms with Gasteiger partial charge in [0.1, 0.15) is 11.8 Å². The third-order valence-corrected chi connectivity index (χ3v) is 6.18. The second kappa shape index (κ2) is 8.61. The zero-order valence-electron chi connectivity index (χ0n) is 16.3. The van der Waals surface area contributed by atoms with E-state index in [1.807, 2.05) is 54.6 Å². The van der Waals surface area contributed by atoms with Crippen molar-refractivity contribution in [3.63, 3.8) is 0 Å². The summed E-state index contributed by atoms with van der Waals surface area (Å²) in [6, 6.07) is 22.3. The fourth-order valence-electron chi connectivity index (χ4n) is 3.54. The van der Waals surface area contributed by atoms with E-state index < -0.39 is 22.7 Å². The second-order valence-electron chi connectivity index (χ2n) is 7.17. The summed E-state index contributed by atoms with van der Waals surface area (Å²) in [7, 11) is 0. The number of halogens is 2. The van der Waals surface area contributed by atoms with Crippen molar-refractivity contribution < 1.29 is 14.7 Å². The number of carbonyl (C=O) groups is 2. The second-order valence-corrected chi connectivity index (χ2v) is 8.76. The summed E-state index contributed by atoms with van der Waals surface area (Å²) in [6.07, 6.45) is 0. The lowest BCUT2D eigenvalue weighted by Crippen LogP contribution is -2.72. The minimum absolute atomic E-state index is 0.0715. The fraction of sp³-hybridized carbons (Fsp3) is 0.130. The minimum Gasteiger partial charge on any atom is -0.507 e. The van der Waals surface area contributed by atoms with Gasteiger partial charge in [-0.3, -0.25) is 15.0 Å². The molecule has 2 unspecified atom stereocenters. The molecular formula is C23H19BrClN3O3. The van der Waals surface area contributed by atoms with Gasteiger partial charge < -0.3 is 10.4 Å². The van der Waals surface area contributed by atoms with Gasteiger partial charge in [-0.05, 0) is 42.0 Å². The molecule has 0 spiro atoms. The summed E-state index contributed by atoms with van der Waals surface area (Å²) in [5.74, 6) is -1.19. The lowest BCUT2D eigenvalue weighted by Gasteiger charge is -2.52. The highest BCUT2D eigenvalue weighted by molar-refractivity contribution is 9.10. The van der Waals surface area contributed by atoms with Crippen molar-refractivity contribution in [3.8, 4) is 5.75 Å². The molecule has 1 saturated heterocycles. The first-order chi connectivity index (χ1) is 14.9. The van der Waals surface area contributed by atoms with Crippen LogP contribution in [0.4, 0.5) is 5.69 Å². The number of benzene rings is 3. The van der Waals surface area contributed by atoms with Crippen LogP contribution in [0.5, 0.6) is 5.75 Å². The van der Waals surface area contributed by atoms with Gasteiger partial charge >= 0.3 is 0 Å². The first kappa shape index (κ1) is 21.2. The standard InChI is InChI=1S/C23H19BrClN3O3/c24-16-10-12-17(13-11-16)26-14-23(25)20(15-6-2-1-3-7-15)28(22(23)31)27-21(30)18-8-4-5-9-19(18)29/h1-13,20,26,29H,14H2,(H,27,30). The summed E-state index contributed by atoms with van der Waals surface area (Å²) in [6.45, 7) is 0.164. The van der Waals surface area contributed by atoms with E-state index in [0.29, 0.717) is 0 Å². The Morgan fingerprint density at radius 3 is 2.35 bits per heavy atom. The highest BCUT2D eigenvalue weighted by Crippen LogP contribution is 2.47. The number of rotatable bonds is 6. The number of hydrazine groups is 1. The lowest BCUT2D eigenvalue weighted by molar-refractivity contribution is -0.157. The highest BCUT2D eigenvalue weighted by Gasteiger charge is 2.61. The van der Waals surface area contributed by atoms with E-state index in [-0.39, 0.29) is 17.9 Å². The highest BCUT2D eigenvalue weighted by atomic mass is 79.9. The Labute approximate surface area is 192 Å². The molecule has 4 rings (SSSR count). The number of amides is 2. The summed E-state index contributed by atoms with van der Waals surface area (Å²) in [4.78, 5) is 24.5. The molecule has 0 bridgehead atoms. The van der Waals surface area contributed by atoms with Crippen molar-refractivity contribution >= 4 is 45.0 Å². The maximum Gasteiger partial charge on any atom is 0.273 e. The van der Waals surface area contributed by atoms with Crippen LogP contribution in [0, 0.1) is 0 Å². The van der Waals surface area contributed by atoms with E-state index in [2.05, 4.69) is 26.7 Å². The van der Waals surface area contributed by atoms with Gasteiger partial charge in [-0.15, -0.1) is 11.6 Å². The Balaban J connectivity index is 1.58. The normalized spacial score (nSPS) is 20.1. The molecule has 0 saturated carbocycles. The van der Waals surface area contributed by atoms with Crippen LogP contribution in [0.25, 0.3) is 0 Å². The number of nitrogens with one attached hydrogen (secondary N) is 2. The third-order valence-electron chi connectivity index (χ3n) is 5.15. The average molecular weight is 501 g/mol. The van der Waals surface area contributed by atoms with E-state index in [4.69, 9.17) is 11.6 Å². The molecular weight excluding hydrogens is 482 g/mol. The Hall–Kier alpha value is -3.03.